The van der Waals surface area contributed by atoms with Crippen molar-refractivity contribution in [3.8, 4) is 17.2 Å². The number of rotatable bonds is 8. The lowest BCUT2D eigenvalue weighted by Crippen LogP contribution is -2.39. The Morgan fingerprint density at radius 3 is 2.44 bits per heavy atom. The van der Waals surface area contributed by atoms with Crippen molar-refractivity contribution in [3.63, 3.8) is 0 Å². The number of nitrogens with zero attached hydrogens (tertiary/aromatic N) is 2. The number of methoxy groups -OCH3 is 2. The molecule has 0 radical (unpaired) electrons. The maximum atomic E-state index is 13.9. The van der Waals surface area contributed by atoms with E-state index < -0.39 is 18.0 Å². The Labute approximate surface area is 259 Å². The van der Waals surface area contributed by atoms with Crippen LogP contribution in [0.1, 0.15) is 41.4 Å². The molecule has 0 saturated carbocycles. The lowest BCUT2D eigenvalue weighted by molar-refractivity contribution is -0.139. The summed E-state index contributed by atoms with van der Waals surface area (Å²) < 4.78 is 24.4. The monoisotopic (exact) mass is 662 g/mol. The highest BCUT2D eigenvalue weighted by Gasteiger charge is 2.33. The minimum atomic E-state index is -0.738. The highest BCUT2D eigenvalue weighted by atomic mass is 79.9. The van der Waals surface area contributed by atoms with Gasteiger partial charge < -0.3 is 18.9 Å². The van der Waals surface area contributed by atoms with E-state index >= 15 is 0 Å². The number of halogens is 1. The SMILES string of the molecule is CCOC(=O)C1=C(C)N=c2s/c(=C/c3ccc(OC(=O)c4cccc(Br)c4)c(OC)c3)c(=O)n2[C@H]1c1ccc(OC)cc1. The topological polar surface area (TPSA) is 105 Å². The van der Waals surface area contributed by atoms with Gasteiger partial charge in [-0.1, -0.05) is 51.5 Å². The molecule has 0 saturated heterocycles. The number of esters is 2. The van der Waals surface area contributed by atoms with Crippen LogP contribution in [0.15, 0.2) is 92.3 Å². The molecule has 1 aromatic heterocycles. The lowest BCUT2D eigenvalue weighted by atomic mass is 9.96. The molecule has 1 atom stereocenters. The van der Waals surface area contributed by atoms with Crippen LogP contribution in [0.25, 0.3) is 6.08 Å². The fourth-order valence-corrected chi connectivity index (χ4v) is 6.12. The standard InChI is InChI=1S/C32H27BrN2O7S/c1-5-41-31(38)27-18(2)34-32-35(28(27)20-10-12-23(39-3)13-11-20)29(36)26(43-32)16-19-9-14-24(25(15-19)40-4)42-30(37)21-7-6-8-22(33)17-21/h6-17,28H,5H2,1-4H3/b26-16+/t28-/m0/s1. The molecule has 43 heavy (non-hydrogen) atoms. The quantitative estimate of drug-likeness (QED) is 0.197. The van der Waals surface area contributed by atoms with E-state index in [9.17, 15) is 14.4 Å². The van der Waals surface area contributed by atoms with Crippen LogP contribution in [-0.2, 0) is 9.53 Å². The van der Waals surface area contributed by atoms with E-state index in [0.717, 1.165) is 4.47 Å². The number of hydrogen-bond donors (Lipinski definition) is 0. The van der Waals surface area contributed by atoms with E-state index in [1.54, 1.807) is 75.6 Å². The highest BCUT2D eigenvalue weighted by Crippen LogP contribution is 2.32. The van der Waals surface area contributed by atoms with Gasteiger partial charge in [0.2, 0.25) is 0 Å². The summed E-state index contributed by atoms with van der Waals surface area (Å²) in [5.41, 5.74) is 2.19. The third-order valence-corrected chi connectivity index (χ3v) is 8.17. The maximum absolute atomic E-state index is 13.9. The summed E-state index contributed by atoms with van der Waals surface area (Å²) in [5.74, 6) is 0.138. The first-order valence-corrected chi connectivity index (χ1v) is 14.8. The number of ether oxygens (including phenoxy) is 4. The molecule has 11 heteroatoms. The van der Waals surface area contributed by atoms with Crippen molar-refractivity contribution in [1.82, 2.24) is 4.57 Å². The lowest BCUT2D eigenvalue weighted by Gasteiger charge is -2.24. The molecule has 0 unspecified atom stereocenters. The zero-order valence-electron chi connectivity index (χ0n) is 23.8. The van der Waals surface area contributed by atoms with Gasteiger partial charge in [-0.25, -0.2) is 14.6 Å². The second-order valence-electron chi connectivity index (χ2n) is 9.39. The number of carbonyl (C=O) groups excluding carboxylic acids is 2. The molecule has 4 aromatic rings. The Bertz CT molecular complexity index is 1930. The summed E-state index contributed by atoms with van der Waals surface area (Å²) in [6.45, 7) is 3.65. The van der Waals surface area contributed by atoms with Crippen LogP contribution in [0.2, 0.25) is 0 Å². The molecule has 0 aliphatic carbocycles. The molecule has 0 fully saturated rings. The third-order valence-electron chi connectivity index (χ3n) is 6.70. The van der Waals surface area contributed by atoms with E-state index in [4.69, 9.17) is 18.9 Å². The first-order valence-electron chi connectivity index (χ1n) is 13.2. The largest absolute Gasteiger partial charge is 0.497 e. The third kappa shape index (κ3) is 6.18. The van der Waals surface area contributed by atoms with Crippen LogP contribution in [0.4, 0.5) is 0 Å². The molecule has 0 spiro atoms. The van der Waals surface area contributed by atoms with Crippen LogP contribution in [0.3, 0.4) is 0 Å². The Morgan fingerprint density at radius 1 is 1.00 bits per heavy atom. The number of hydrogen-bond acceptors (Lipinski definition) is 9. The van der Waals surface area contributed by atoms with Crippen molar-refractivity contribution in [2.75, 3.05) is 20.8 Å². The number of allylic oxidation sites excluding steroid dienone is 1. The molecule has 1 aliphatic heterocycles. The average Bonchev–Trinajstić information content (AvgIpc) is 3.30. The van der Waals surface area contributed by atoms with Crippen molar-refractivity contribution in [2.24, 2.45) is 4.99 Å². The van der Waals surface area contributed by atoms with E-state index in [2.05, 4.69) is 20.9 Å². The molecule has 5 rings (SSSR count). The second kappa shape index (κ2) is 12.8. The van der Waals surface area contributed by atoms with Crippen molar-refractivity contribution in [2.45, 2.75) is 19.9 Å². The van der Waals surface area contributed by atoms with Gasteiger partial charge in [0.05, 0.1) is 48.2 Å². The molecule has 0 amide bonds. The smallest absolute Gasteiger partial charge is 0.343 e. The zero-order chi connectivity index (χ0) is 30.7. The molecular formula is C32H27BrN2O7S. The minimum absolute atomic E-state index is 0.186. The second-order valence-corrected chi connectivity index (χ2v) is 11.3. The first-order chi connectivity index (χ1) is 20.7. The number of benzene rings is 3. The fourth-order valence-electron chi connectivity index (χ4n) is 4.68. The van der Waals surface area contributed by atoms with Crippen LogP contribution in [0.5, 0.6) is 17.2 Å². The van der Waals surface area contributed by atoms with E-state index in [1.807, 2.05) is 18.2 Å². The molecule has 9 nitrogen and oxygen atoms in total. The summed E-state index contributed by atoms with van der Waals surface area (Å²) in [4.78, 5) is 44.7. The van der Waals surface area contributed by atoms with Crippen LogP contribution >= 0.6 is 27.3 Å². The van der Waals surface area contributed by atoms with Crippen molar-refractivity contribution >= 4 is 45.3 Å². The van der Waals surface area contributed by atoms with E-state index in [1.165, 1.54) is 23.0 Å². The van der Waals surface area contributed by atoms with Crippen LogP contribution in [-0.4, -0.2) is 37.3 Å². The average molecular weight is 664 g/mol. The zero-order valence-corrected chi connectivity index (χ0v) is 26.2. The Morgan fingerprint density at radius 2 is 1.77 bits per heavy atom. The predicted molar refractivity (Wildman–Crippen MR) is 165 cm³/mol. The Balaban J connectivity index is 1.55. The van der Waals surface area contributed by atoms with Gasteiger partial charge in [0, 0.05) is 4.47 Å². The van der Waals surface area contributed by atoms with Gasteiger partial charge in [-0.05, 0) is 73.5 Å². The molecule has 0 bridgehead atoms. The minimum Gasteiger partial charge on any atom is -0.497 e. The summed E-state index contributed by atoms with van der Waals surface area (Å²) in [6, 6.07) is 18.3. The van der Waals surface area contributed by atoms with Crippen molar-refractivity contribution in [1.29, 1.82) is 0 Å². The summed E-state index contributed by atoms with van der Waals surface area (Å²) in [6.07, 6.45) is 1.71. The van der Waals surface area contributed by atoms with Crippen LogP contribution in [0, 0.1) is 0 Å². The van der Waals surface area contributed by atoms with Crippen molar-refractivity contribution in [3.05, 3.63) is 119 Å². The van der Waals surface area contributed by atoms with Gasteiger partial charge in [0.25, 0.3) is 5.56 Å². The first kappa shape index (κ1) is 30.0. The fraction of sp³-hybridized carbons (Fsp3) is 0.188. The molecule has 3 aromatic carbocycles. The van der Waals surface area contributed by atoms with Gasteiger partial charge in [0.15, 0.2) is 16.3 Å². The number of thiazole rings is 1. The molecule has 2 heterocycles. The highest BCUT2D eigenvalue weighted by molar-refractivity contribution is 9.10. The summed E-state index contributed by atoms with van der Waals surface area (Å²) >= 11 is 4.56. The predicted octanol–water partition coefficient (Wildman–Crippen LogP) is 4.80. The summed E-state index contributed by atoms with van der Waals surface area (Å²) in [7, 11) is 3.04. The van der Waals surface area contributed by atoms with E-state index in [-0.39, 0.29) is 17.9 Å². The molecular weight excluding hydrogens is 636 g/mol. The van der Waals surface area contributed by atoms with Gasteiger partial charge in [-0.2, -0.15) is 0 Å². The van der Waals surface area contributed by atoms with Gasteiger partial charge in [-0.15, -0.1) is 0 Å². The maximum Gasteiger partial charge on any atom is 0.343 e. The Kier molecular flexibility index (Phi) is 8.93. The Hall–Kier alpha value is -4.48. The van der Waals surface area contributed by atoms with Gasteiger partial charge >= 0.3 is 11.9 Å². The summed E-state index contributed by atoms with van der Waals surface area (Å²) in [5, 5.41) is 0. The van der Waals surface area contributed by atoms with Gasteiger partial charge in [-0.3, -0.25) is 9.36 Å². The molecule has 0 N–H and O–H groups in total. The molecule has 1 aliphatic rings. The number of aromatic nitrogens is 1. The normalized spacial score (nSPS) is 14.5. The van der Waals surface area contributed by atoms with Gasteiger partial charge in [0.1, 0.15) is 5.75 Å². The number of fused-ring (bicyclic) bond motifs is 1. The van der Waals surface area contributed by atoms with Crippen molar-refractivity contribution < 1.29 is 28.5 Å². The molecule has 220 valence electrons. The van der Waals surface area contributed by atoms with Crippen LogP contribution < -0.4 is 29.1 Å². The van der Waals surface area contributed by atoms with E-state index in [0.29, 0.717) is 48.8 Å². The number of carbonyl (C=O) groups is 2.